The Hall–Kier alpha value is -8.25. The minimum Gasteiger partial charge on any atom is -0.369 e. The minimum absolute atomic E-state index is 0.0304. The Bertz CT molecular complexity index is 2970. The molecule has 0 amide bonds. The summed E-state index contributed by atoms with van der Waals surface area (Å²) in [7, 11) is 0. The van der Waals surface area contributed by atoms with Crippen molar-refractivity contribution in [2.45, 2.75) is 6.54 Å². The third-order valence-corrected chi connectivity index (χ3v) is 11.0. The Kier molecular flexibility index (Phi) is 10.4. The lowest BCUT2D eigenvalue weighted by Gasteiger charge is -2.26. The van der Waals surface area contributed by atoms with E-state index in [1.165, 1.54) is 27.1 Å². The zero-order chi connectivity index (χ0) is 40.8. The fourth-order valence-electron chi connectivity index (χ4n) is 7.94. The first-order valence-electron chi connectivity index (χ1n) is 19.9. The average molecular weight is 771 g/mol. The molecule has 0 atom stereocenters. The van der Waals surface area contributed by atoms with Gasteiger partial charge in [0.1, 0.15) is 17.7 Å². The molecule has 0 spiro atoms. The Morgan fingerprint density at radius 1 is 0.600 bits per heavy atom. The summed E-state index contributed by atoms with van der Waals surface area (Å²) in [5.74, 6) is 0.0304. The summed E-state index contributed by atoms with van der Waals surface area (Å²) in [5, 5.41) is 23.5. The van der Waals surface area contributed by atoms with Gasteiger partial charge in [-0.3, -0.25) is 4.79 Å². The van der Waals surface area contributed by atoms with Crippen molar-refractivity contribution in [1.29, 1.82) is 10.5 Å². The first kappa shape index (κ1) is 37.3. The summed E-state index contributed by atoms with van der Waals surface area (Å²) in [5.41, 5.74) is 10.9. The molecule has 0 unspecified atom stereocenters. The monoisotopic (exact) mass is 770 g/mol. The van der Waals surface area contributed by atoms with E-state index in [2.05, 4.69) is 131 Å². The molecule has 1 heterocycles. The zero-order valence-electron chi connectivity index (χ0n) is 32.7. The molecule has 0 aromatic heterocycles. The zero-order valence-corrected chi connectivity index (χ0v) is 32.7. The van der Waals surface area contributed by atoms with Crippen molar-refractivity contribution < 1.29 is 4.79 Å². The number of nitriles is 2. The summed E-state index contributed by atoms with van der Waals surface area (Å²) in [6.45, 7) is 1.51. The molecule has 60 heavy (non-hydrogen) atoms. The molecule has 0 radical (unpaired) electrons. The Balaban J connectivity index is 0.973. The van der Waals surface area contributed by atoms with Crippen LogP contribution in [-0.2, 0) is 6.54 Å². The van der Waals surface area contributed by atoms with E-state index in [1.54, 1.807) is 6.08 Å². The lowest BCUT2D eigenvalue weighted by molar-refractivity contribution is 0.103. The summed E-state index contributed by atoms with van der Waals surface area (Å²) in [4.78, 5) is 17.3. The molecule has 8 aromatic rings. The van der Waals surface area contributed by atoms with Crippen LogP contribution in [0.4, 0.5) is 17.1 Å². The fourth-order valence-corrected chi connectivity index (χ4v) is 7.94. The second-order valence-electron chi connectivity index (χ2n) is 14.8. The number of ketones is 1. The van der Waals surface area contributed by atoms with Gasteiger partial charge in [0.15, 0.2) is 5.78 Å². The summed E-state index contributed by atoms with van der Waals surface area (Å²) in [6.07, 6.45) is 8.14. The number of carbonyl (C=O) groups excluding carboxylic acids is 1. The van der Waals surface area contributed by atoms with Crippen molar-refractivity contribution in [3.05, 3.63) is 234 Å². The van der Waals surface area contributed by atoms with Crippen LogP contribution < -0.4 is 4.90 Å². The van der Waals surface area contributed by atoms with Gasteiger partial charge in [-0.05, 0) is 110 Å². The topological polar surface area (TPSA) is 71.1 Å². The first-order chi connectivity index (χ1) is 29.5. The van der Waals surface area contributed by atoms with Crippen LogP contribution in [0.15, 0.2) is 206 Å². The van der Waals surface area contributed by atoms with E-state index in [4.69, 9.17) is 0 Å². The highest BCUT2D eigenvalue weighted by Crippen LogP contribution is 2.40. The van der Waals surface area contributed by atoms with Gasteiger partial charge >= 0.3 is 0 Å². The van der Waals surface area contributed by atoms with E-state index >= 15 is 0 Å². The number of anilines is 3. The molecule has 284 valence electrons. The van der Waals surface area contributed by atoms with Crippen molar-refractivity contribution >= 4 is 56.0 Å². The highest BCUT2D eigenvalue weighted by molar-refractivity contribution is 6.13. The maximum atomic E-state index is 12.9. The molecular weight excluding hydrogens is 733 g/mol. The van der Waals surface area contributed by atoms with Crippen molar-refractivity contribution in [1.82, 2.24) is 4.90 Å². The number of allylic oxidation sites excluding steroid dienone is 3. The molecule has 0 aliphatic carbocycles. The van der Waals surface area contributed by atoms with Crippen LogP contribution in [0.3, 0.4) is 0 Å². The summed E-state index contributed by atoms with van der Waals surface area (Å²) >= 11 is 0. The maximum absolute atomic E-state index is 12.9. The second kappa shape index (κ2) is 16.7. The van der Waals surface area contributed by atoms with E-state index in [0.29, 0.717) is 11.1 Å². The van der Waals surface area contributed by atoms with Gasteiger partial charge in [0, 0.05) is 47.5 Å². The van der Waals surface area contributed by atoms with Crippen LogP contribution in [0.25, 0.3) is 44.3 Å². The van der Waals surface area contributed by atoms with Crippen molar-refractivity contribution in [2.24, 2.45) is 0 Å². The van der Waals surface area contributed by atoms with E-state index in [-0.39, 0.29) is 11.4 Å². The van der Waals surface area contributed by atoms with Gasteiger partial charge in [0.05, 0.1) is 0 Å². The Labute approximate surface area is 349 Å². The van der Waals surface area contributed by atoms with Crippen molar-refractivity contribution in [2.75, 3.05) is 11.4 Å². The predicted octanol–water partition coefficient (Wildman–Crippen LogP) is 13.2. The summed E-state index contributed by atoms with van der Waals surface area (Å²) in [6, 6.07) is 65.9. The second-order valence-corrected chi connectivity index (χ2v) is 14.8. The van der Waals surface area contributed by atoms with E-state index < -0.39 is 0 Å². The lowest BCUT2D eigenvalue weighted by Crippen LogP contribution is -2.19. The first-order valence-corrected chi connectivity index (χ1v) is 19.9. The van der Waals surface area contributed by atoms with Gasteiger partial charge in [-0.1, -0.05) is 146 Å². The third kappa shape index (κ3) is 7.72. The summed E-state index contributed by atoms with van der Waals surface area (Å²) < 4.78 is 0. The van der Waals surface area contributed by atoms with Crippen LogP contribution in [-0.4, -0.2) is 17.2 Å². The van der Waals surface area contributed by atoms with E-state index in [0.717, 1.165) is 58.0 Å². The molecule has 5 nitrogen and oxygen atoms in total. The largest absolute Gasteiger partial charge is 0.369 e. The predicted molar refractivity (Wildman–Crippen MR) is 245 cm³/mol. The number of benzene rings is 8. The molecule has 5 heteroatoms. The molecule has 9 rings (SSSR count). The molecule has 1 aliphatic heterocycles. The van der Waals surface area contributed by atoms with Gasteiger partial charge in [0.2, 0.25) is 0 Å². The molecule has 0 fully saturated rings. The standard InChI is InChI=1S/C55H38N4O/c56-36-41(37-57)34-39-16-24-49(25-17-39)59(51-28-22-44(23-29-51)54-52-12-6-4-10-47(52)35-48-11-5-7-13-53(48)54)50-26-20-42(21-27-50)43-30-32-58(33-31-43)38-40-14-18-46(19-15-40)55(60)45-8-2-1-3-9-45/h1-32,34-35H,33,38H2. The SMILES string of the molecule is N#CC(C#N)=Cc1ccc(N(c2ccc(C3=CCN(Cc4ccc(C(=O)c5ccccc5)cc4)C=C3)cc2)c2ccc(-c3c4ccccc4cc4ccccc34)cc2)cc1. The molecule has 0 saturated carbocycles. The number of nitrogens with zero attached hydrogens (tertiary/aromatic N) is 4. The molecule has 0 saturated heterocycles. The maximum Gasteiger partial charge on any atom is 0.193 e. The van der Waals surface area contributed by atoms with Gasteiger partial charge in [0.25, 0.3) is 0 Å². The van der Waals surface area contributed by atoms with Crippen LogP contribution in [0, 0.1) is 22.7 Å². The van der Waals surface area contributed by atoms with Gasteiger partial charge in [-0.15, -0.1) is 0 Å². The number of rotatable bonds is 10. The molecule has 1 aliphatic rings. The molecular formula is C55H38N4O. The van der Waals surface area contributed by atoms with Crippen LogP contribution >= 0.6 is 0 Å². The van der Waals surface area contributed by atoms with E-state index in [9.17, 15) is 15.3 Å². The lowest BCUT2D eigenvalue weighted by atomic mass is 9.92. The average Bonchev–Trinajstić information content (AvgIpc) is 3.31. The Morgan fingerprint density at radius 2 is 1.13 bits per heavy atom. The number of hydrogen-bond donors (Lipinski definition) is 0. The van der Waals surface area contributed by atoms with Crippen LogP contribution in [0.5, 0.6) is 0 Å². The molecule has 0 bridgehead atoms. The quantitative estimate of drug-likeness (QED) is 0.0787. The number of fused-ring (bicyclic) bond motifs is 2. The molecule has 0 N–H and O–H groups in total. The van der Waals surface area contributed by atoms with Crippen LogP contribution in [0.1, 0.15) is 32.6 Å². The smallest absolute Gasteiger partial charge is 0.193 e. The normalized spacial score (nSPS) is 12.0. The Morgan fingerprint density at radius 3 is 1.70 bits per heavy atom. The van der Waals surface area contributed by atoms with Gasteiger partial charge in [-0.25, -0.2) is 0 Å². The van der Waals surface area contributed by atoms with E-state index in [1.807, 2.05) is 91.0 Å². The van der Waals surface area contributed by atoms with Crippen molar-refractivity contribution in [3.8, 4) is 23.3 Å². The van der Waals surface area contributed by atoms with Gasteiger partial charge in [-0.2, -0.15) is 10.5 Å². The highest BCUT2D eigenvalue weighted by Gasteiger charge is 2.16. The number of hydrogen-bond acceptors (Lipinski definition) is 5. The minimum atomic E-state index is 0.0304. The molecule has 8 aromatic carbocycles. The van der Waals surface area contributed by atoms with Crippen LogP contribution in [0.2, 0.25) is 0 Å². The highest BCUT2D eigenvalue weighted by atomic mass is 16.1. The fraction of sp³-hybridized carbons (Fsp3) is 0.0364. The number of carbonyl (C=O) groups is 1. The van der Waals surface area contributed by atoms with Gasteiger partial charge < -0.3 is 9.80 Å². The van der Waals surface area contributed by atoms with Crippen molar-refractivity contribution in [3.63, 3.8) is 0 Å². The third-order valence-electron chi connectivity index (χ3n) is 11.0.